The first-order valence-electron chi connectivity index (χ1n) is 9.99. The first-order chi connectivity index (χ1) is 13.0. The molecule has 146 valence electrons. The molecule has 1 aliphatic heterocycles. The highest BCUT2D eigenvalue weighted by atomic mass is 79.9. The van der Waals surface area contributed by atoms with E-state index in [-0.39, 0.29) is 0 Å². The van der Waals surface area contributed by atoms with Crippen LogP contribution in [0.2, 0.25) is 0 Å². The summed E-state index contributed by atoms with van der Waals surface area (Å²) in [6.07, 6.45) is 7.81. The number of hydrogen-bond acceptors (Lipinski definition) is 5. The van der Waals surface area contributed by atoms with Gasteiger partial charge in [-0.25, -0.2) is 0 Å². The van der Waals surface area contributed by atoms with Crippen LogP contribution in [0.15, 0.2) is 33.3 Å². The first-order valence-corrected chi connectivity index (χ1v) is 10.8. The van der Waals surface area contributed by atoms with Crippen LogP contribution >= 0.6 is 15.9 Å². The van der Waals surface area contributed by atoms with Crippen LogP contribution in [0.3, 0.4) is 0 Å². The summed E-state index contributed by atoms with van der Waals surface area (Å²) in [5, 5.41) is 4.14. The van der Waals surface area contributed by atoms with Gasteiger partial charge >= 0.3 is 6.01 Å². The Morgan fingerprint density at radius 1 is 1.04 bits per heavy atom. The number of ether oxygens (including phenoxy) is 1. The van der Waals surface area contributed by atoms with Crippen molar-refractivity contribution in [3.05, 3.63) is 28.7 Å². The highest BCUT2D eigenvalue weighted by Crippen LogP contribution is 2.37. The van der Waals surface area contributed by atoms with Gasteiger partial charge in [0, 0.05) is 23.1 Å². The van der Waals surface area contributed by atoms with E-state index in [2.05, 4.69) is 44.8 Å². The SMILES string of the molecule is CC1(C)CCC(OC2CCN(c3nc(-c4ccc(Br)cc4)no3)CC2)CC1. The molecular formula is C21H28BrN3O2. The molecule has 27 heavy (non-hydrogen) atoms. The molecule has 0 bridgehead atoms. The van der Waals surface area contributed by atoms with Gasteiger partial charge in [-0.15, -0.1) is 0 Å². The maximum Gasteiger partial charge on any atom is 0.324 e. The van der Waals surface area contributed by atoms with E-state index in [1.165, 1.54) is 25.7 Å². The van der Waals surface area contributed by atoms with Crippen LogP contribution in [0.1, 0.15) is 52.4 Å². The molecule has 0 unspecified atom stereocenters. The second-order valence-electron chi connectivity index (χ2n) is 8.59. The summed E-state index contributed by atoms with van der Waals surface area (Å²) in [6.45, 7) is 6.55. The van der Waals surface area contributed by atoms with Gasteiger partial charge in [0.25, 0.3) is 0 Å². The number of piperidine rings is 1. The molecular weight excluding hydrogens is 406 g/mol. The lowest BCUT2D eigenvalue weighted by Gasteiger charge is -2.38. The van der Waals surface area contributed by atoms with Gasteiger partial charge in [-0.3, -0.25) is 0 Å². The molecule has 2 aromatic rings. The van der Waals surface area contributed by atoms with Crippen molar-refractivity contribution in [2.45, 2.75) is 64.6 Å². The van der Waals surface area contributed by atoms with Gasteiger partial charge < -0.3 is 14.2 Å². The van der Waals surface area contributed by atoms with E-state index in [9.17, 15) is 0 Å². The van der Waals surface area contributed by atoms with E-state index in [4.69, 9.17) is 9.26 Å². The normalized spacial score (nSPS) is 21.5. The second-order valence-corrected chi connectivity index (χ2v) is 9.51. The highest BCUT2D eigenvalue weighted by Gasteiger charge is 2.30. The zero-order chi connectivity index (χ0) is 18.9. The van der Waals surface area contributed by atoms with Crippen LogP contribution in [0.5, 0.6) is 0 Å². The fraction of sp³-hybridized carbons (Fsp3) is 0.619. The number of anilines is 1. The van der Waals surface area contributed by atoms with Gasteiger partial charge in [0.1, 0.15) is 0 Å². The van der Waals surface area contributed by atoms with Gasteiger partial charge in [-0.2, -0.15) is 4.98 Å². The minimum atomic E-state index is 0.362. The molecule has 1 saturated heterocycles. The molecule has 1 saturated carbocycles. The van der Waals surface area contributed by atoms with Gasteiger partial charge in [-0.05, 0) is 68.2 Å². The fourth-order valence-electron chi connectivity index (χ4n) is 4.02. The highest BCUT2D eigenvalue weighted by molar-refractivity contribution is 9.10. The molecule has 6 heteroatoms. The van der Waals surface area contributed by atoms with Crippen LogP contribution in [0.25, 0.3) is 11.4 Å². The van der Waals surface area contributed by atoms with Crippen molar-refractivity contribution in [3.63, 3.8) is 0 Å². The Morgan fingerprint density at radius 3 is 2.33 bits per heavy atom. The predicted octanol–water partition coefficient (Wildman–Crippen LogP) is 5.45. The molecule has 5 nitrogen and oxygen atoms in total. The summed E-state index contributed by atoms with van der Waals surface area (Å²) in [7, 11) is 0. The monoisotopic (exact) mass is 433 g/mol. The largest absolute Gasteiger partial charge is 0.375 e. The van der Waals surface area contributed by atoms with Crippen LogP contribution in [0, 0.1) is 5.41 Å². The third-order valence-electron chi connectivity index (χ3n) is 5.90. The maximum atomic E-state index is 6.40. The average molecular weight is 434 g/mol. The summed E-state index contributed by atoms with van der Waals surface area (Å²) in [4.78, 5) is 6.76. The Hall–Kier alpha value is -1.40. The Kier molecular flexibility index (Phi) is 5.55. The van der Waals surface area contributed by atoms with E-state index in [1.54, 1.807) is 0 Å². The minimum absolute atomic E-state index is 0.362. The number of aromatic nitrogens is 2. The Bertz CT molecular complexity index is 741. The first kappa shape index (κ1) is 18.9. The van der Waals surface area contributed by atoms with Gasteiger partial charge in [0.15, 0.2) is 0 Å². The number of nitrogens with zero attached hydrogens (tertiary/aromatic N) is 3. The molecule has 2 heterocycles. The third-order valence-corrected chi connectivity index (χ3v) is 6.43. The molecule has 1 aromatic heterocycles. The topological polar surface area (TPSA) is 51.4 Å². The number of rotatable bonds is 4. The van der Waals surface area contributed by atoms with Crippen molar-refractivity contribution in [3.8, 4) is 11.4 Å². The molecule has 0 spiro atoms. The van der Waals surface area contributed by atoms with Crippen molar-refractivity contribution in [2.75, 3.05) is 18.0 Å². The van der Waals surface area contributed by atoms with Crippen molar-refractivity contribution in [2.24, 2.45) is 5.41 Å². The third kappa shape index (κ3) is 4.72. The van der Waals surface area contributed by atoms with Crippen LogP contribution < -0.4 is 4.90 Å². The van der Waals surface area contributed by atoms with Gasteiger partial charge in [-0.1, -0.05) is 34.9 Å². The molecule has 2 fully saturated rings. The number of benzene rings is 1. The molecule has 0 amide bonds. The lowest BCUT2D eigenvalue weighted by molar-refractivity contribution is -0.0538. The summed E-state index contributed by atoms with van der Waals surface area (Å²) in [6, 6.07) is 8.57. The smallest absolute Gasteiger partial charge is 0.324 e. The van der Waals surface area contributed by atoms with E-state index in [0.29, 0.717) is 29.5 Å². The van der Waals surface area contributed by atoms with Crippen molar-refractivity contribution in [1.29, 1.82) is 0 Å². The van der Waals surface area contributed by atoms with Crippen LogP contribution in [-0.2, 0) is 4.74 Å². The zero-order valence-corrected chi connectivity index (χ0v) is 17.7. The zero-order valence-electron chi connectivity index (χ0n) is 16.2. The van der Waals surface area contributed by atoms with Crippen molar-refractivity contribution in [1.82, 2.24) is 10.1 Å². The summed E-state index contributed by atoms with van der Waals surface area (Å²) in [5.41, 5.74) is 1.46. The standard InChI is InChI=1S/C21H28BrN3O2/c1-21(2)11-7-17(8-12-21)26-18-9-13-25(14-10-18)20-23-19(24-27-20)15-3-5-16(22)6-4-15/h3-6,17-18H,7-14H2,1-2H3. The average Bonchev–Trinajstić information content (AvgIpc) is 3.15. The maximum absolute atomic E-state index is 6.40. The quantitative estimate of drug-likeness (QED) is 0.640. The van der Waals surface area contributed by atoms with E-state index < -0.39 is 0 Å². The van der Waals surface area contributed by atoms with Gasteiger partial charge in [0.2, 0.25) is 5.82 Å². The number of halogens is 1. The fourth-order valence-corrected chi connectivity index (χ4v) is 4.29. The Balaban J connectivity index is 1.29. The van der Waals surface area contributed by atoms with Crippen molar-refractivity contribution < 1.29 is 9.26 Å². The predicted molar refractivity (Wildman–Crippen MR) is 110 cm³/mol. The molecule has 1 aromatic carbocycles. The van der Waals surface area contributed by atoms with Crippen LogP contribution in [-0.4, -0.2) is 35.4 Å². The van der Waals surface area contributed by atoms with E-state index in [1.807, 2.05) is 24.3 Å². The van der Waals surface area contributed by atoms with Crippen molar-refractivity contribution >= 4 is 21.9 Å². The summed E-state index contributed by atoms with van der Waals surface area (Å²) >= 11 is 3.45. The summed E-state index contributed by atoms with van der Waals surface area (Å²) < 4.78 is 12.9. The molecule has 0 N–H and O–H groups in total. The molecule has 1 aliphatic carbocycles. The Labute approximate surface area is 169 Å². The molecule has 4 rings (SSSR count). The lowest BCUT2D eigenvalue weighted by Crippen LogP contribution is -2.39. The summed E-state index contributed by atoms with van der Waals surface area (Å²) in [5.74, 6) is 0.640. The molecule has 2 aliphatic rings. The van der Waals surface area contributed by atoms with E-state index in [0.717, 1.165) is 36.0 Å². The molecule has 0 atom stereocenters. The second kappa shape index (κ2) is 7.92. The van der Waals surface area contributed by atoms with E-state index >= 15 is 0 Å². The van der Waals surface area contributed by atoms with Gasteiger partial charge in [0.05, 0.1) is 12.2 Å². The molecule has 0 radical (unpaired) electrons. The minimum Gasteiger partial charge on any atom is -0.375 e. The Morgan fingerprint density at radius 2 is 1.67 bits per heavy atom. The lowest BCUT2D eigenvalue weighted by atomic mass is 9.76. The number of hydrogen-bond donors (Lipinski definition) is 0. The van der Waals surface area contributed by atoms with Crippen LogP contribution in [0.4, 0.5) is 6.01 Å².